The highest BCUT2D eigenvalue weighted by Crippen LogP contribution is 2.30. The van der Waals surface area contributed by atoms with Gasteiger partial charge in [0.2, 0.25) is 0 Å². The van der Waals surface area contributed by atoms with Crippen LogP contribution in [0.15, 0.2) is 53.3 Å². The summed E-state index contributed by atoms with van der Waals surface area (Å²) in [6.07, 6.45) is 0.753. The molecule has 0 aliphatic carbocycles. The van der Waals surface area contributed by atoms with E-state index in [-0.39, 0.29) is 11.1 Å². The average Bonchev–Trinajstić information content (AvgIpc) is 2.96. The largest absolute Gasteiger partial charge is 0.478 e. The van der Waals surface area contributed by atoms with Crippen LogP contribution >= 0.6 is 0 Å². The van der Waals surface area contributed by atoms with Crippen molar-refractivity contribution in [2.45, 2.75) is 0 Å². The average molecular weight is 360 g/mol. The fourth-order valence-electron chi connectivity index (χ4n) is 3.57. The molecule has 0 unspecified atom stereocenters. The minimum Gasteiger partial charge on any atom is -0.478 e. The van der Waals surface area contributed by atoms with Gasteiger partial charge in [0.15, 0.2) is 0 Å². The summed E-state index contributed by atoms with van der Waals surface area (Å²) in [4.78, 5) is 35.2. The first-order chi connectivity index (χ1) is 12.9. The van der Waals surface area contributed by atoms with Gasteiger partial charge in [0.1, 0.15) is 11.9 Å². The van der Waals surface area contributed by atoms with Crippen LogP contribution < -0.4 is 5.56 Å². The summed E-state index contributed by atoms with van der Waals surface area (Å²) in [5.41, 5.74) is 3.33. The molecule has 0 amide bonds. The maximum absolute atomic E-state index is 12.9. The third-order valence-corrected chi connectivity index (χ3v) is 4.95. The van der Waals surface area contributed by atoms with Crippen molar-refractivity contribution >= 4 is 34.2 Å². The first-order valence-corrected chi connectivity index (χ1v) is 8.33. The molecule has 4 rings (SSSR count). The number of aryl methyl sites for hydroxylation is 2. The predicted molar refractivity (Wildman–Crippen MR) is 103 cm³/mol. The van der Waals surface area contributed by atoms with Gasteiger partial charge in [-0.2, -0.15) is 0 Å². The van der Waals surface area contributed by atoms with Gasteiger partial charge in [-0.1, -0.05) is 24.3 Å². The third-order valence-electron chi connectivity index (χ3n) is 4.95. The van der Waals surface area contributed by atoms with Crippen LogP contribution in [0.3, 0.4) is 0 Å². The van der Waals surface area contributed by atoms with E-state index in [1.165, 1.54) is 0 Å². The standard InChI is InChI=1S/C21H16N2O4/c1-22-18-8-7-14(21(26)27)9-16(18)17-10-15(20(25)23(2)19(17)22)13-5-3-12(11-24)4-6-13/h3-11H,1-2H3,(H,26,27). The molecule has 0 aliphatic heterocycles. The molecule has 1 N–H and O–H groups in total. The molecule has 0 fully saturated rings. The number of nitrogens with zero attached hydrogens (tertiary/aromatic N) is 2. The number of pyridine rings is 1. The Morgan fingerprint density at radius 1 is 0.963 bits per heavy atom. The van der Waals surface area contributed by atoms with Crippen molar-refractivity contribution in [3.63, 3.8) is 0 Å². The highest BCUT2D eigenvalue weighted by Gasteiger charge is 2.17. The molecule has 4 aromatic rings. The van der Waals surface area contributed by atoms with E-state index < -0.39 is 5.97 Å². The van der Waals surface area contributed by atoms with Gasteiger partial charge < -0.3 is 9.67 Å². The Kier molecular flexibility index (Phi) is 3.70. The fraction of sp³-hybridized carbons (Fsp3) is 0.0952. The summed E-state index contributed by atoms with van der Waals surface area (Å²) in [5, 5.41) is 10.9. The van der Waals surface area contributed by atoms with Crippen LogP contribution in [-0.2, 0) is 14.1 Å². The monoisotopic (exact) mass is 360 g/mol. The number of carboxylic acids is 1. The Morgan fingerprint density at radius 3 is 2.30 bits per heavy atom. The minimum absolute atomic E-state index is 0.161. The number of carboxylic acid groups (broad SMARTS) is 1. The highest BCUT2D eigenvalue weighted by atomic mass is 16.4. The molecule has 2 aromatic heterocycles. The van der Waals surface area contributed by atoms with Crippen molar-refractivity contribution in [2.24, 2.45) is 14.1 Å². The van der Waals surface area contributed by atoms with Gasteiger partial charge in [-0.05, 0) is 29.8 Å². The summed E-state index contributed by atoms with van der Waals surface area (Å²) >= 11 is 0. The topological polar surface area (TPSA) is 81.3 Å². The van der Waals surface area contributed by atoms with Gasteiger partial charge in [0, 0.05) is 36.0 Å². The smallest absolute Gasteiger partial charge is 0.335 e. The molecule has 6 heteroatoms. The van der Waals surface area contributed by atoms with Crippen LogP contribution in [-0.4, -0.2) is 26.5 Å². The number of carbonyl (C=O) groups is 2. The van der Waals surface area contributed by atoms with Gasteiger partial charge in [-0.15, -0.1) is 0 Å². The highest BCUT2D eigenvalue weighted by molar-refractivity contribution is 6.10. The van der Waals surface area contributed by atoms with E-state index in [9.17, 15) is 19.5 Å². The third kappa shape index (κ3) is 2.45. The Bertz CT molecular complexity index is 1290. The summed E-state index contributed by atoms with van der Waals surface area (Å²) in [5.74, 6) is -0.997. The van der Waals surface area contributed by atoms with E-state index in [4.69, 9.17) is 0 Å². The van der Waals surface area contributed by atoms with E-state index in [0.717, 1.165) is 22.6 Å². The normalized spacial score (nSPS) is 11.2. The van der Waals surface area contributed by atoms with E-state index >= 15 is 0 Å². The van der Waals surface area contributed by atoms with Crippen molar-refractivity contribution in [3.8, 4) is 11.1 Å². The predicted octanol–water partition coefficient (Wildman–Crippen LogP) is 3.21. The van der Waals surface area contributed by atoms with E-state index in [1.807, 2.05) is 11.6 Å². The van der Waals surface area contributed by atoms with E-state index in [2.05, 4.69) is 0 Å². The van der Waals surface area contributed by atoms with Crippen molar-refractivity contribution in [1.29, 1.82) is 0 Å². The van der Waals surface area contributed by atoms with E-state index in [1.54, 1.807) is 60.1 Å². The molecule has 0 atom stereocenters. The Labute approximate surface area is 153 Å². The van der Waals surface area contributed by atoms with Crippen LogP contribution in [0.25, 0.3) is 33.1 Å². The zero-order chi connectivity index (χ0) is 19.3. The van der Waals surface area contributed by atoms with Crippen LogP contribution in [0.4, 0.5) is 0 Å². The molecule has 0 spiro atoms. The number of aromatic carboxylic acids is 1. The van der Waals surface area contributed by atoms with Gasteiger partial charge >= 0.3 is 5.97 Å². The molecular weight excluding hydrogens is 344 g/mol. The van der Waals surface area contributed by atoms with Crippen molar-refractivity contribution in [3.05, 3.63) is 70.0 Å². The Morgan fingerprint density at radius 2 is 1.67 bits per heavy atom. The van der Waals surface area contributed by atoms with Gasteiger partial charge in [0.25, 0.3) is 5.56 Å². The number of aldehydes is 1. The zero-order valence-electron chi connectivity index (χ0n) is 14.8. The number of aromatic nitrogens is 2. The molecule has 134 valence electrons. The number of hydrogen-bond donors (Lipinski definition) is 1. The fourth-order valence-corrected chi connectivity index (χ4v) is 3.57. The molecule has 2 aromatic carbocycles. The molecule has 0 saturated carbocycles. The maximum Gasteiger partial charge on any atom is 0.335 e. The zero-order valence-corrected chi connectivity index (χ0v) is 14.8. The quantitative estimate of drug-likeness (QED) is 0.569. The molecule has 0 bridgehead atoms. The lowest BCUT2D eigenvalue weighted by molar-refractivity contribution is 0.0697. The molecule has 2 heterocycles. The van der Waals surface area contributed by atoms with Crippen LogP contribution in [0.5, 0.6) is 0 Å². The van der Waals surface area contributed by atoms with Crippen LogP contribution in [0.2, 0.25) is 0 Å². The number of carbonyl (C=O) groups excluding carboxylic acids is 1. The lowest BCUT2D eigenvalue weighted by atomic mass is 10.0. The Balaban J connectivity index is 2.09. The first-order valence-electron chi connectivity index (χ1n) is 8.33. The SMILES string of the molecule is Cn1c(=O)c(-c2ccc(C=O)cc2)cc2c3cc(C(=O)O)ccc3n(C)c21. The molecule has 0 radical (unpaired) electrons. The number of rotatable bonds is 3. The molecule has 6 nitrogen and oxygen atoms in total. The lowest BCUT2D eigenvalue weighted by Gasteiger charge is -2.08. The second kappa shape index (κ2) is 5.95. The summed E-state index contributed by atoms with van der Waals surface area (Å²) in [6, 6.07) is 13.5. The lowest BCUT2D eigenvalue weighted by Crippen LogP contribution is -2.20. The van der Waals surface area contributed by atoms with Gasteiger partial charge in [-0.25, -0.2) is 4.79 Å². The van der Waals surface area contributed by atoms with Gasteiger partial charge in [-0.3, -0.25) is 14.2 Å². The van der Waals surface area contributed by atoms with E-state index in [0.29, 0.717) is 22.3 Å². The van der Waals surface area contributed by atoms with Crippen molar-refractivity contribution in [1.82, 2.24) is 9.13 Å². The summed E-state index contributed by atoms with van der Waals surface area (Å²) < 4.78 is 3.45. The van der Waals surface area contributed by atoms with Crippen molar-refractivity contribution < 1.29 is 14.7 Å². The molecular formula is C21H16N2O4. The minimum atomic E-state index is -0.997. The molecule has 27 heavy (non-hydrogen) atoms. The number of hydrogen-bond acceptors (Lipinski definition) is 3. The molecule has 0 aliphatic rings. The Hall–Kier alpha value is -3.67. The second-order valence-corrected chi connectivity index (χ2v) is 6.50. The van der Waals surface area contributed by atoms with Crippen LogP contribution in [0, 0.1) is 0 Å². The number of benzene rings is 2. The first kappa shape index (κ1) is 16.8. The number of fused-ring (bicyclic) bond motifs is 3. The maximum atomic E-state index is 12.9. The molecule has 0 saturated heterocycles. The van der Waals surface area contributed by atoms with Gasteiger partial charge in [0.05, 0.1) is 11.1 Å². The summed E-state index contributed by atoms with van der Waals surface area (Å²) in [7, 11) is 3.55. The second-order valence-electron chi connectivity index (χ2n) is 6.50. The van der Waals surface area contributed by atoms with Crippen molar-refractivity contribution in [2.75, 3.05) is 0 Å². The summed E-state index contributed by atoms with van der Waals surface area (Å²) in [6.45, 7) is 0. The van der Waals surface area contributed by atoms with Crippen LogP contribution in [0.1, 0.15) is 20.7 Å².